The number of hydrogen-bond acceptors (Lipinski definition) is 3. The van der Waals surface area contributed by atoms with Crippen LogP contribution in [0.2, 0.25) is 0 Å². The minimum absolute atomic E-state index is 0.204. The fourth-order valence-electron chi connectivity index (χ4n) is 3.47. The molecule has 0 bridgehead atoms. The molecule has 3 nitrogen and oxygen atoms in total. The van der Waals surface area contributed by atoms with E-state index in [0.29, 0.717) is 0 Å². The molecule has 1 aliphatic carbocycles. The molecule has 112 valence electrons. The lowest BCUT2D eigenvalue weighted by molar-refractivity contribution is 0.0546. The Hall–Kier alpha value is -1.06. The van der Waals surface area contributed by atoms with Gasteiger partial charge in [-0.15, -0.1) is 0 Å². The summed E-state index contributed by atoms with van der Waals surface area (Å²) in [6.45, 7) is 5.02. The van der Waals surface area contributed by atoms with E-state index in [1.165, 1.54) is 37.7 Å². The summed E-state index contributed by atoms with van der Waals surface area (Å²) < 4.78 is 5.32. The summed E-state index contributed by atoms with van der Waals surface area (Å²) in [5.41, 5.74) is 7.67. The molecular weight excluding hydrogens is 248 g/mol. The van der Waals surface area contributed by atoms with Crippen LogP contribution in [-0.4, -0.2) is 30.6 Å². The van der Waals surface area contributed by atoms with Crippen molar-refractivity contribution in [2.75, 3.05) is 20.2 Å². The number of hydrogen-bond donors (Lipinski definition) is 1. The standard InChI is InChI=1S/C17H28N2O/c1-3-19(17(14-18)10-5-4-6-11-17)13-15-8-7-9-16(12-15)20-2/h7-9,12H,3-6,10-11,13-14,18H2,1-2H3. The van der Waals surface area contributed by atoms with Crippen molar-refractivity contribution in [1.82, 2.24) is 4.90 Å². The molecule has 1 aromatic rings. The van der Waals surface area contributed by atoms with Crippen LogP contribution in [0.15, 0.2) is 24.3 Å². The van der Waals surface area contributed by atoms with Crippen molar-refractivity contribution in [3.8, 4) is 5.75 Å². The number of rotatable bonds is 6. The monoisotopic (exact) mass is 276 g/mol. The Morgan fingerprint density at radius 1 is 1.25 bits per heavy atom. The van der Waals surface area contributed by atoms with Gasteiger partial charge in [-0.2, -0.15) is 0 Å². The second kappa shape index (κ2) is 7.09. The van der Waals surface area contributed by atoms with Crippen LogP contribution in [0.4, 0.5) is 0 Å². The highest BCUT2D eigenvalue weighted by molar-refractivity contribution is 5.28. The summed E-state index contributed by atoms with van der Waals surface area (Å²) in [5, 5.41) is 0. The van der Waals surface area contributed by atoms with Crippen molar-refractivity contribution in [2.24, 2.45) is 5.73 Å². The molecule has 1 saturated carbocycles. The molecule has 0 atom stereocenters. The first-order valence-corrected chi connectivity index (χ1v) is 7.82. The van der Waals surface area contributed by atoms with Crippen LogP contribution in [-0.2, 0) is 6.54 Å². The van der Waals surface area contributed by atoms with Gasteiger partial charge in [0, 0.05) is 18.6 Å². The maximum atomic E-state index is 6.16. The van der Waals surface area contributed by atoms with Crippen molar-refractivity contribution in [2.45, 2.75) is 51.1 Å². The van der Waals surface area contributed by atoms with E-state index in [0.717, 1.165) is 25.4 Å². The smallest absolute Gasteiger partial charge is 0.119 e. The van der Waals surface area contributed by atoms with Crippen molar-refractivity contribution < 1.29 is 4.74 Å². The van der Waals surface area contributed by atoms with E-state index in [2.05, 4.69) is 30.0 Å². The topological polar surface area (TPSA) is 38.5 Å². The third-order valence-corrected chi connectivity index (χ3v) is 4.72. The molecule has 0 radical (unpaired) electrons. The van der Waals surface area contributed by atoms with E-state index in [4.69, 9.17) is 10.5 Å². The molecule has 0 aliphatic heterocycles. The molecule has 2 N–H and O–H groups in total. The first-order valence-electron chi connectivity index (χ1n) is 7.82. The number of benzene rings is 1. The summed E-state index contributed by atoms with van der Waals surface area (Å²) in [7, 11) is 1.72. The van der Waals surface area contributed by atoms with Gasteiger partial charge in [-0.3, -0.25) is 4.90 Å². The Kier molecular flexibility index (Phi) is 5.44. The highest BCUT2D eigenvalue weighted by Crippen LogP contribution is 2.34. The molecule has 0 heterocycles. The normalized spacial score (nSPS) is 18.2. The predicted octanol–water partition coefficient (Wildman–Crippen LogP) is 3.18. The van der Waals surface area contributed by atoms with Crippen LogP contribution < -0.4 is 10.5 Å². The van der Waals surface area contributed by atoms with Crippen molar-refractivity contribution in [1.29, 1.82) is 0 Å². The molecule has 2 rings (SSSR count). The third kappa shape index (κ3) is 3.33. The van der Waals surface area contributed by atoms with Crippen LogP contribution in [0.3, 0.4) is 0 Å². The van der Waals surface area contributed by atoms with Crippen LogP contribution in [0, 0.1) is 0 Å². The lowest BCUT2D eigenvalue weighted by Crippen LogP contribution is -2.54. The van der Waals surface area contributed by atoms with Crippen LogP contribution in [0.1, 0.15) is 44.6 Å². The van der Waals surface area contributed by atoms with Gasteiger partial charge >= 0.3 is 0 Å². The van der Waals surface area contributed by atoms with Gasteiger partial charge in [0.05, 0.1) is 7.11 Å². The summed E-state index contributed by atoms with van der Waals surface area (Å²) >= 11 is 0. The molecule has 0 spiro atoms. The van der Waals surface area contributed by atoms with E-state index >= 15 is 0 Å². The molecule has 1 aromatic carbocycles. The van der Waals surface area contributed by atoms with Crippen molar-refractivity contribution in [3.63, 3.8) is 0 Å². The van der Waals surface area contributed by atoms with Gasteiger partial charge in [-0.25, -0.2) is 0 Å². The number of ether oxygens (including phenoxy) is 1. The summed E-state index contributed by atoms with van der Waals surface area (Å²) in [4.78, 5) is 2.57. The van der Waals surface area contributed by atoms with E-state index in [-0.39, 0.29) is 5.54 Å². The molecule has 20 heavy (non-hydrogen) atoms. The van der Waals surface area contributed by atoms with Gasteiger partial charge < -0.3 is 10.5 Å². The van der Waals surface area contributed by atoms with Gasteiger partial charge in [0.15, 0.2) is 0 Å². The number of nitrogens with two attached hydrogens (primary N) is 1. The van der Waals surface area contributed by atoms with E-state index < -0.39 is 0 Å². The zero-order valence-corrected chi connectivity index (χ0v) is 12.9. The van der Waals surface area contributed by atoms with E-state index in [9.17, 15) is 0 Å². The second-order valence-corrected chi connectivity index (χ2v) is 5.85. The first kappa shape index (κ1) is 15.3. The Morgan fingerprint density at radius 2 is 2.00 bits per heavy atom. The van der Waals surface area contributed by atoms with Gasteiger partial charge in [0.2, 0.25) is 0 Å². The Labute approximate surface area is 123 Å². The minimum atomic E-state index is 0.204. The maximum absolute atomic E-state index is 6.16. The first-order chi connectivity index (χ1) is 9.74. The van der Waals surface area contributed by atoms with Gasteiger partial charge in [-0.05, 0) is 37.1 Å². The average molecular weight is 276 g/mol. The maximum Gasteiger partial charge on any atom is 0.119 e. The highest BCUT2D eigenvalue weighted by Gasteiger charge is 2.35. The lowest BCUT2D eigenvalue weighted by Gasteiger charge is -2.45. The quantitative estimate of drug-likeness (QED) is 0.867. The van der Waals surface area contributed by atoms with Crippen molar-refractivity contribution in [3.05, 3.63) is 29.8 Å². The van der Waals surface area contributed by atoms with E-state index in [1.807, 2.05) is 6.07 Å². The summed E-state index contributed by atoms with van der Waals surface area (Å²) in [6, 6.07) is 8.38. The minimum Gasteiger partial charge on any atom is -0.497 e. The average Bonchev–Trinajstić information content (AvgIpc) is 2.53. The zero-order chi connectivity index (χ0) is 14.4. The van der Waals surface area contributed by atoms with E-state index in [1.54, 1.807) is 7.11 Å². The Morgan fingerprint density at radius 3 is 2.60 bits per heavy atom. The molecule has 0 saturated heterocycles. The van der Waals surface area contributed by atoms with Crippen LogP contribution >= 0.6 is 0 Å². The SMILES string of the molecule is CCN(Cc1cccc(OC)c1)C1(CN)CCCCC1. The molecular formula is C17H28N2O. The highest BCUT2D eigenvalue weighted by atomic mass is 16.5. The fourth-order valence-corrected chi connectivity index (χ4v) is 3.47. The largest absolute Gasteiger partial charge is 0.497 e. The molecule has 1 fully saturated rings. The predicted molar refractivity (Wildman–Crippen MR) is 83.9 cm³/mol. The summed E-state index contributed by atoms with van der Waals surface area (Å²) in [5.74, 6) is 0.934. The zero-order valence-electron chi connectivity index (χ0n) is 12.9. The lowest BCUT2D eigenvalue weighted by atomic mass is 9.80. The number of likely N-dealkylation sites (N-methyl/N-ethyl adjacent to an activating group) is 1. The van der Waals surface area contributed by atoms with Gasteiger partial charge in [0.25, 0.3) is 0 Å². The molecule has 3 heteroatoms. The van der Waals surface area contributed by atoms with Crippen LogP contribution in [0.25, 0.3) is 0 Å². The van der Waals surface area contributed by atoms with Crippen LogP contribution in [0.5, 0.6) is 5.75 Å². The van der Waals surface area contributed by atoms with Gasteiger partial charge in [-0.1, -0.05) is 38.3 Å². The molecule has 0 unspecified atom stereocenters. The molecule has 1 aliphatic rings. The Balaban J connectivity index is 2.14. The van der Waals surface area contributed by atoms with Gasteiger partial charge in [0.1, 0.15) is 5.75 Å². The van der Waals surface area contributed by atoms with Crippen molar-refractivity contribution >= 4 is 0 Å². The Bertz CT molecular complexity index is 413. The second-order valence-electron chi connectivity index (χ2n) is 5.85. The number of nitrogens with zero attached hydrogens (tertiary/aromatic N) is 1. The molecule has 0 amide bonds. The number of methoxy groups -OCH3 is 1. The third-order valence-electron chi connectivity index (χ3n) is 4.72. The fraction of sp³-hybridized carbons (Fsp3) is 0.647. The molecule has 0 aromatic heterocycles. The summed E-state index contributed by atoms with van der Waals surface area (Å²) in [6.07, 6.45) is 6.46.